The number of fused-ring (bicyclic) bond motifs is 1. The van der Waals surface area contributed by atoms with E-state index < -0.39 is 0 Å². The number of hydrogen-bond donors (Lipinski definition) is 1. The summed E-state index contributed by atoms with van der Waals surface area (Å²) in [5.41, 5.74) is 3.25. The molecule has 0 amide bonds. The van der Waals surface area contributed by atoms with Gasteiger partial charge >= 0.3 is 0 Å². The summed E-state index contributed by atoms with van der Waals surface area (Å²) in [6.07, 6.45) is 8.98. The lowest BCUT2D eigenvalue weighted by molar-refractivity contribution is 0.480. The third-order valence-corrected chi connectivity index (χ3v) is 4.04. The van der Waals surface area contributed by atoms with Crippen molar-refractivity contribution >= 4 is 23.1 Å². The van der Waals surface area contributed by atoms with Crippen LogP contribution >= 0.6 is 0 Å². The van der Waals surface area contributed by atoms with Gasteiger partial charge in [0.05, 0.1) is 0 Å². The highest BCUT2D eigenvalue weighted by Crippen LogP contribution is 2.31. The maximum atomic E-state index is 9.45. The van der Waals surface area contributed by atoms with Crippen LogP contribution in [0.4, 0.5) is 0 Å². The van der Waals surface area contributed by atoms with Crippen molar-refractivity contribution in [3.05, 3.63) is 89.9 Å². The number of ether oxygens (including phenoxy) is 1. The zero-order valence-electron chi connectivity index (χ0n) is 13.9. The second-order valence-corrected chi connectivity index (χ2v) is 5.79. The van der Waals surface area contributed by atoms with Gasteiger partial charge in [0.15, 0.2) is 5.75 Å². The minimum Gasteiger partial charge on any atom is -0.455 e. The Kier molecular flexibility index (Phi) is 4.19. The van der Waals surface area contributed by atoms with Crippen LogP contribution in [0.2, 0.25) is 0 Å². The van der Waals surface area contributed by atoms with Crippen LogP contribution in [0, 0.1) is 11.3 Å². The van der Waals surface area contributed by atoms with Gasteiger partial charge in [-0.15, -0.1) is 0 Å². The molecule has 0 unspecified atom stereocenters. The third kappa shape index (κ3) is 3.19. The van der Waals surface area contributed by atoms with Gasteiger partial charge in [-0.1, -0.05) is 36.4 Å². The summed E-state index contributed by atoms with van der Waals surface area (Å²) in [7, 11) is 0. The molecule has 1 N–H and O–H groups in total. The number of hydrogen-bond acceptors (Lipinski definition) is 3. The summed E-state index contributed by atoms with van der Waals surface area (Å²) in [4.78, 5) is 7.31. The molecule has 124 valence electrons. The molecule has 0 radical (unpaired) electrons. The van der Waals surface area contributed by atoms with Crippen LogP contribution in [-0.2, 0) is 0 Å². The summed E-state index contributed by atoms with van der Waals surface area (Å²) >= 11 is 0. The van der Waals surface area contributed by atoms with Crippen LogP contribution in [0.1, 0.15) is 16.7 Å². The molecule has 4 rings (SSSR count). The highest BCUT2D eigenvalue weighted by molar-refractivity contribution is 5.81. The van der Waals surface area contributed by atoms with E-state index in [1.165, 1.54) is 6.20 Å². The Balaban J connectivity index is 1.72. The summed E-state index contributed by atoms with van der Waals surface area (Å²) < 4.78 is 6.07. The maximum Gasteiger partial charge on any atom is 0.155 e. The van der Waals surface area contributed by atoms with Crippen LogP contribution in [0.3, 0.4) is 0 Å². The zero-order valence-corrected chi connectivity index (χ0v) is 13.9. The van der Waals surface area contributed by atoms with Crippen molar-refractivity contribution in [3.8, 4) is 17.6 Å². The number of aromatic amines is 1. The smallest absolute Gasteiger partial charge is 0.155 e. The SMILES string of the molecule is N#Cc1cncc(C=Cc2ccccc2)c1Oc1ccc2[nH]ccc2c1. The molecule has 0 bridgehead atoms. The molecule has 0 fully saturated rings. The van der Waals surface area contributed by atoms with Crippen LogP contribution in [0.5, 0.6) is 11.5 Å². The Labute approximate surface area is 151 Å². The lowest BCUT2D eigenvalue weighted by Crippen LogP contribution is -1.93. The molecule has 2 heterocycles. The van der Waals surface area contributed by atoms with Crippen molar-refractivity contribution in [2.75, 3.05) is 0 Å². The zero-order chi connectivity index (χ0) is 17.8. The molecule has 0 spiro atoms. The Bertz CT molecular complexity index is 1120. The van der Waals surface area contributed by atoms with Crippen molar-refractivity contribution in [3.63, 3.8) is 0 Å². The molecular formula is C22H15N3O. The van der Waals surface area contributed by atoms with E-state index in [4.69, 9.17) is 4.74 Å². The summed E-state index contributed by atoms with van der Waals surface area (Å²) in [5, 5.41) is 10.5. The first kappa shape index (κ1) is 15.7. The van der Waals surface area contributed by atoms with Crippen molar-refractivity contribution in [2.45, 2.75) is 0 Å². The Morgan fingerprint density at radius 1 is 1.00 bits per heavy atom. The summed E-state index contributed by atoms with van der Waals surface area (Å²) in [6, 6.07) is 19.9. The number of nitrogens with one attached hydrogen (secondary N) is 1. The Hall–Kier alpha value is -3.84. The van der Waals surface area contributed by atoms with E-state index in [1.54, 1.807) is 6.20 Å². The Morgan fingerprint density at radius 3 is 2.73 bits per heavy atom. The van der Waals surface area contributed by atoms with Crippen LogP contribution in [-0.4, -0.2) is 9.97 Å². The van der Waals surface area contributed by atoms with Gasteiger partial charge in [0.1, 0.15) is 17.4 Å². The second-order valence-electron chi connectivity index (χ2n) is 5.79. The lowest BCUT2D eigenvalue weighted by Gasteiger charge is -2.10. The summed E-state index contributed by atoms with van der Waals surface area (Å²) in [5.74, 6) is 1.18. The number of nitrogens with zero attached hydrogens (tertiary/aromatic N) is 2. The van der Waals surface area contributed by atoms with Crippen molar-refractivity contribution < 1.29 is 4.74 Å². The van der Waals surface area contributed by atoms with E-state index in [0.717, 1.165) is 22.0 Å². The maximum absolute atomic E-state index is 9.45. The van der Waals surface area contributed by atoms with E-state index in [9.17, 15) is 5.26 Å². The minimum absolute atomic E-state index is 0.398. The first-order valence-electron chi connectivity index (χ1n) is 8.20. The predicted molar refractivity (Wildman–Crippen MR) is 103 cm³/mol. The highest BCUT2D eigenvalue weighted by atomic mass is 16.5. The molecule has 2 aromatic carbocycles. The van der Waals surface area contributed by atoms with Crippen molar-refractivity contribution in [1.29, 1.82) is 5.26 Å². The molecule has 0 aliphatic heterocycles. The van der Waals surface area contributed by atoms with Crippen LogP contribution < -0.4 is 4.74 Å². The average molecular weight is 337 g/mol. The van der Waals surface area contributed by atoms with E-state index in [2.05, 4.69) is 16.0 Å². The standard InChI is InChI=1S/C22H15N3O/c23-13-19-15-24-14-18(7-6-16-4-2-1-3-5-16)22(19)26-20-8-9-21-17(12-20)10-11-25-21/h1-12,14-15,25H. The predicted octanol–water partition coefficient (Wildman–Crippen LogP) is 5.40. The van der Waals surface area contributed by atoms with E-state index >= 15 is 0 Å². The number of benzene rings is 2. The van der Waals surface area contributed by atoms with Gasteiger partial charge < -0.3 is 9.72 Å². The molecule has 4 aromatic rings. The van der Waals surface area contributed by atoms with Gasteiger partial charge in [0, 0.05) is 35.1 Å². The number of H-pyrrole nitrogens is 1. The topological polar surface area (TPSA) is 61.7 Å². The molecular weight excluding hydrogens is 322 g/mol. The average Bonchev–Trinajstić information content (AvgIpc) is 3.16. The molecule has 4 nitrogen and oxygen atoms in total. The normalized spacial score (nSPS) is 10.9. The minimum atomic E-state index is 0.398. The number of pyridine rings is 1. The van der Waals surface area contributed by atoms with E-state index in [0.29, 0.717) is 17.1 Å². The first-order chi connectivity index (χ1) is 12.8. The number of rotatable bonds is 4. The number of aromatic nitrogens is 2. The molecule has 0 atom stereocenters. The van der Waals surface area contributed by atoms with Gasteiger partial charge in [0.25, 0.3) is 0 Å². The highest BCUT2D eigenvalue weighted by Gasteiger charge is 2.11. The van der Waals surface area contributed by atoms with Gasteiger partial charge in [0.2, 0.25) is 0 Å². The quantitative estimate of drug-likeness (QED) is 0.542. The van der Waals surface area contributed by atoms with Crippen molar-refractivity contribution in [2.24, 2.45) is 0 Å². The lowest BCUT2D eigenvalue weighted by atomic mass is 10.1. The second kappa shape index (κ2) is 6.96. The van der Waals surface area contributed by atoms with Gasteiger partial charge in [-0.2, -0.15) is 5.26 Å². The van der Waals surface area contributed by atoms with Gasteiger partial charge in [-0.05, 0) is 35.9 Å². The molecule has 0 saturated heterocycles. The van der Waals surface area contributed by atoms with E-state index in [1.807, 2.05) is 72.9 Å². The fourth-order valence-corrected chi connectivity index (χ4v) is 2.74. The Morgan fingerprint density at radius 2 is 1.88 bits per heavy atom. The fraction of sp³-hybridized carbons (Fsp3) is 0. The molecule has 2 aromatic heterocycles. The van der Waals surface area contributed by atoms with Gasteiger partial charge in [-0.3, -0.25) is 4.98 Å². The molecule has 0 aliphatic rings. The largest absolute Gasteiger partial charge is 0.455 e. The first-order valence-corrected chi connectivity index (χ1v) is 8.20. The monoisotopic (exact) mass is 337 g/mol. The van der Waals surface area contributed by atoms with Crippen molar-refractivity contribution in [1.82, 2.24) is 9.97 Å². The molecule has 0 aliphatic carbocycles. The fourth-order valence-electron chi connectivity index (χ4n) is 2.74. The number of nitriles is 1. The van der Waals surface area contributed by atoms with E-state index in [-0.39, 0.29) is 0 Å². The van der Waals surface area contributed by atoms with Crippen LogP contribution in [0.15, 0.2) is 73.2 Å². The van der Waals surface area contributed by atoms with Gasteiger partial charge in [-0.25, -0.2) is 0 Å². The summed E-state index contributed by atoms with van der Waals surface area (Å²) in [6.45, 7) is 0. The molecule has 4 heteroatoms. The molecule has 26 heavy (non-hydrogen) atoms. The molecule has 0 saturated carbocycles. The third-order valence-electron chi connectivity index (χ3n) is 4.04. The van der Waals surface area contributed by atoms with Crippen LogP contribution in [0.25, 0.3) is 23.1 Å².